The Morgan fingerprint density at radius 2 is 1.97 bits per heavy atom. The molecule has 7 nitrogen and oxygen atoms in total. The highest BCUT2D eigenvalue weighted by molar-refractivity contribution is 5.66. The molecule has 4 rings (SSSR count). The van der Waals surface area contributed by atoms with E-state index in [0.717, 1.165) is 48.1 Å². The highest BCUT2D eigenvalue weighted by Crippen LogP contribution is 2.33. The number of pyridine rings is 1. The van der Waals surface area contributed by atoms with Gasteiger partial charge in [-0.2, -0.15) is 5.26 Å². The lowest BCUT2D eigenvalue weighted by molar-refractivity contribution is -0.378. The van der Waals surface area contributed by atoms with Gasteiger partial charge in [0.15, 0.2) is 12.4 Å². The molecular formula is C25H28FN5O2. The van der Waals surface area contributed by atoms with Gasteiger partial charge in [-0.3, -0.25) is 0 Å². The van der Waals surface area contributed by atoms with Crippen molar-refractivity contribution in [1.82, 2.24) is 9.97 Å². The Hall–Kier alpha value is -3.41. The molecule has 1 aliphatic rings. The number of aliphatic hydroxyl groups is 1. The second-order valence-corrected chi connectivity index (χ2v) is 8.75. The van der Waals surface area contributed by atoms with Crippen molar-refractivity contribution < 1.29 is 20.0 Å². The molecule has 172 valence electrons. The quantitative estimate of drug-likeness (QED) is 0.588. The van der Waals surface area contributed by atoms with Gasteiger partial charge in [0.1, 0.15) is 11.9 Å². The number of nitrogens with one attached hydrogen (secondary N) is 2. The third kappa shape index (κ3) is 6.09. The molecule has 0 aliphatic heterocycles. The van der Waals surface area contributed by atoms with Crippen LogP contribution in [0.3, 0.4) is 0 Å². The summed E-state index contributed by atoms with van der Waals surface area (Å²) in [6, 6.07) is 10.6. The van der Waals surface area contributed by atoms with E-state index in [0.29, 0.717) is 30.4 Å². The second kappa shape index (κ2) is 10.5. The number of anilines is 1. The number of nitriles is 1. The van der Waals surface area contributed by atoms with Crippen LogP contribution in [0.25, 0.3) is 11.1 Å². The molecule has 2 aromatic heterocycles. The summed E-state index contributed by atoms with van der Waals surface area (Å²) in [4.78, 5) is 12.0. The van der Waals surface area contributed by atoms with Crippen LogP contribution in [0.2, 0.25) is 0 Å². The summed E-state index contributed by atoms with van der Waals surface area (Å²) in [6.45, 7) is 2.36. The number of hydrogen-bond acceptors (Lipinski definition) is 6. The van der Waals surface area contributed by atoms with Crippen LogP contribution in [0.4, 0.5) is 10.3 Å². The number of H-pyrrole nitrogens is 1. The van der Waals surface area contributed by atoms with Crippen LogP contribution >= 0.6 is 0 Å². The van der Waals surface area contributed by atoms with Crippen molar-refractivity contribution in [3.8, 4) is 17.2 Å². The zero-order chi connectivity index (χ0) is 22.6. The van der Waals surface area contributed by atoms with E-state index < -0.39 is 5.60 Å². The van der Waals surface area contributed by atoms with Gasteiger partial charge in [0, 0.05) is 18.2 Å². The molecule has 1 saturated carbocycles. The number of aromatic amines is 1. The van der Waals surface area contributed by atoms with E-state index in [1.165, 1.54) is 12.1 Å². The van der Waals surface area contributed by atoms with Gasteiger partial charge in [0.05, 0.1) is 23.1 Å². The first-order chi connectivity index (χ1) is 15.4. The Kier molecular flexibility index (Phi) is 7.69. The first-order valence-electron chi connectivity index (χ1n) is 10.9. The number of hydrogen-bond donors (Lipinski definition) is 2. The average molecular weight is 450 g/mol. The SMILES string of the molecule is CC1(O)CCC(Cc2nc(NCc3c[nH+]ccc3-c3ccc(F)cc3)ncc2C#N)CC1.[OH-]. The molecule has 3 aromatic rings. The smallest absolute Gasteiger partial charge is 0.223 e. The van der Waals surface area contributed by atoms with Gasteiger partial charge < -0.3 is 15.9 Å². The minimum absolute atomic E-state index is 0. The second-order valence-electron chi connectivity index (χ2n) is 8.75. The zero-order valence-electron chi connectivity index (χ0n) is 18.6. The Bertz CT molecular complexity index is 1120. The molecule has 0 bridgehead atoms. The summed E-state index contributed by atoms with van der Waals surface area (Å²) >= 11 is 0. The lowest BCUT2D eigenvalue weighted by atomic mass is 9.78. The fourth-order valence-electron chi connectivity index (χ4n) is 4.22. The van der Waals surface area contributed by atoms with E-state index in [-0.39, 0.29) is 11.3 Å². The molecule has 0 atom stereocenters. The first kappa shape index (κ1) is 24.2. The van der Waals surface area contributed by atoms with E-state index in [1.807, 2.05) is 25.4 Å². The molecule has 0 saturated heterocycles. The number of aromatic nitrogens is 3. The molecule has 0 unspecified atom stereocenters. The topological polar surface area (TPSA) is 126 Å². The van der Waals surface area contributed by atoms with Crippen molar-refractivity contribution in [3.63, 3.8) is 0 Å². The van der Waals surface area contributed by atoms with Crippen LogP contribution in [-0.4, -0.2) is 26.2 Å². The van der Waals surface area contributed by atoms with E-state index >= 15 is 0 Å². The van der Waals surface area contributed by atoms with Gasteiger partial charge in [-0.05, 0) is 68.2 Å². The lowest BCUT2D eigenvalue weighted by Gasteiger charge is -2.33. The lowest BCUT2D eigenvalue weighted by Crippen LogP contribution is -2.31. The molecule has 0 spiro atoms. The Morgan fingerprint density at radius 1 is 1.24 bits per heavy atom. The van der Waals surface area contributed by atoms with Crippen LogP contribution in [-0.2, 0) is 13.0 Å². The molecule has 2 heterocycles. The summed E-state index contributed by atoms with van der Waals surface area (Å²) in [5.74, 6) is 0.602. The largest absolute Gasteiger partial charge is 0.870 e. The Morgan fingerprint density at radius 3 is 2.67 bits per heavy atom. The van der Waals surface area contributed by atoms with E-state index in [9.17, 15) is 14.8 Å². The van der Waals surface area contributed by atoms with Crippen molar-refractivity contribution in [2.75, 3.05) is 5.32 Å². The van der Waals surface area contributed by atoms with Crippen molar-refractivity contribution >= 4 is 5.95 Å². The maximum Gasteiger partial charge on any atom is 0.223 e. The van der Waals surface area contributed by atoms with Gasteiger partial charge >= 0.3 is 0 Å². The zero-order valence-corrected chi connectivity index (χ0v) is 18.6. The van der Waals surface area contributed by atoms with Crippen LogP contribution < -0.4 is 10.3 Å². The van der Waals surface area contributed by atoms with Crippen molar-refractivity contribution in [1.29, 1.82) is 5.26 Å². The molecule has 4 N–H and O–H groups in total. The predicted molar refractivity (Wildman–Crippen MR) is 121 cm³/mol. The molecule has 0 amide bonds. The van der Waals surface area contributed by atoms with E-state index in [2.05, 4.69) is 26.3 Å². The van der Waals surface area contributed by atoms with E-state index in [1.54, 1.807) is 18.3 Å². The maximum atomic E-state index is 13.3. The molecule has 33 heavy (non-hydrogen) atoms. The van der Waals surface area contributed by atoms with Crippen LogP contribution in [0.1, 0.15) is 49.4 Å². The molecule has 1 aromatic carbocycles. The normalized spacial score (nSPS) is 19.9. The minimum Gasteiger partial charge on any atom is -0.870 e. The summed E-state index contributed by atoms with van der Waals surface area (Å²) in [5, 5.41) is 22.9. The maximum absolute atomic E-state index is 13.3. The predicted octanol–water partition coefficient (Wildman–Crippen LogP) is 3.89. The van der Waals surface area contributed by atoms with Crippen molar-refractivity contribution in [3.05, 3.63) is 71.6 Å². The molecule has 0 radical (unpaired) electrons. The Labute approximate surface area is 192 Å². The summed E-state index contributed by atoms with van der Waals surface area (Å²) in [6.07, 6.45) is 9.39. The van der Waals surface area contributed by atoms with Crippen LogP contribution in [0.15, 0.2) is 48.9 Å². The summed E-state index contributed by atoms with van der Waals surface area (Å²) in [7, 11) is 0. The molecule has 1 fully saturated rings. The fraction of sp³-hybridized carbons (Fsp3) is 0.360. The van der Waals surface area contributed by atoms with Gasteiger partial charge in [-0.25, -0.2) is 19.3 Å². The molecular weight excluding hydrogens is 421 g/mol. The van der Waals surface area contributed by atoms with E-state index in [4.69, 9.17) is 0 Å². The summed E-state index contributed by atoms with van der Waals surface area (Å²) < 4.78 is 13.3. The minimum atomic E-state index is -0.581. The summed E-state index contributed by atoms with van der Waals surface area (Å²) in [5.41, 5.74) is 3.55. The van der Waals surface area contributed by atoms with Gasteiger partial charge in [-0.15, -0.1) is 0 Å². The number of nitrogens with zero attached hydrogens (tertiary/aromatic N) is 3. The van der Waals surface area contributed by atoms with Gasteiger partial charge in [0.2, 0.25) is 5.95 Å². The Balaban J connectivity index is 0.00000306. The number of rotatable bonds is 6. The van der Waals surface area contributed by atoms with Crippen molar-refractivity contribution in [2.24, 2.45) is 5.92 Å². The highest BCUT2D eigenvalue weighted by Gasteiger charge is 2.29. The molecule has 8 heteroatoms. The third-order valence-corrected chi connectivity index (χ3v) is 6.19. The van der Waals surface area contributed by atoms with Crippen LogP contribution in [0.5, 0.6) is 0 Å². The van der Waals surface area contributed by atoms with Gasteiger partial charge in [0.25, 0.3) is 0 Å². The number of halogens is 1. The standard InChI is InChI=1S/C25H26FN5O.H2O/c1-25(32)9-6-17(7-10-25)12-23-19(13-27)15-29-24(31-23)30-16-20-14-28-11-8-22(20)18-2-4-21(26)5-3-18;/h2-5,8,11,14-15,17,32H,6-7,9-10,12,16H2,1H3,(H,29,30,31);1H2. The molecule has 1 aliphatic carbocycles. The monoisotopic (exact) mass is 449 g/mol. The highest BCUT2D eigenvalue weighted by atomic mass is 19.1. The third-order valence-electron chi connectivity index (χ3n) is 6.19. The fourth-order valence-corrected chi connectivity index (χ4v) is 4.22. The first-order valence-corrected chi connectivity index (χ1v) is 10.9. The van der Waals surface area contributed by atoms with Gasteiger partial charge in [-0.1, -0.05) is 12.1 Å². The van der Waals surface area contributed by atoms with Crippen molar-refractivity contribution in [2.45, 2.75) is 51.2 Å². The number of benzene rings is 1. The average Bonchev–Trinajstić information content (AvgIpc) is 2.80. The van der Waals surface area contributed by atoms with Crippen LogP contribution in [0, 0.1) is 23.1 Å².